The number of aryl methyl sites for hydroxylation is 1. The molecule has 2 aromatic heterocycles. The first kappa shape index (κ1) is 28.3. The predicted molar refractivity (Wildman–Crippen MR) is 156 cm³/mol. The summed E-state index contributed by atoms with van der Waals surface area (Å²) in [7, 11) is 0. The fourth-order valence-electron chi connectivity index (χ4n) is 5.23. The molecule has 0 fully saturated rings. The molecule has 5 aromatic rings. The Morgan fingerprint density at radius 3 is 2.58 bits per heavy atom. The number of nitrogens with two attached hydrogens (primary N) is 1. The highest BCUT2D eigenvalue weighted by molar-refractivity contribution is 6.31. The van der Waals surface area contributed by atoms with Crippen LogP contribution in [0.4, 0.5) is 8.78 Å². The molecule has 2 atom stereocenters. The third kappa shape index (κ3) is 5.08. The van der Waals surface area contributed by atoms with Crippen LogP contribution in [0.3, 0.4) is 0 Å². The first-order chi connectivity index (χ1) is 20.5. The van der Waals surface area contributed by atoms with Gasteiger partial charge in [-0.25, -0.2) is 18.7 Å². The minimum Gasteiger partial charge on any atom is -0.489 e. The minimum absolute atomic E-state index is 0.0373. The van der Waals surface area contributed by atoms with E-state index < -0.39 is 28.9 Å². The molecule has 43 heavy (non-hydrogen) atoms. The Hall–Kier alpha value is -4.83. The van der Waals surface area contributed by atoms with E-state index in [4.69, 9.17) is 31.5 Å². The zero-order valence-electron chi connectivity index (χ0n) is 23.1. The number of hydrogen-bond acceptors (Lipinski definition) is 6. The van der Waals surface area contributed by atoms with Gasteiger partial charge in [-0.15, -0.1) is 0 Å². The minimum atomic E-state index is -1.25. The maximum Gasteiger partial charge on any atom is 0.251 e. The summed E-state index contributed by atoms with van der Waals surface area (Å²) in [5, 5.41) is 2.65. The van der Waals surface area contributed by atoms with Crippen LogP contribution in [-0.4, -0.2) is 34.9 Å². The van der Waals surface area contributed by atoms with Crippen molar-refractivity contribution in [2.45, 2.75) is 25.2 Å². The van der Waals surface area contributed by atoms with Crippen LogP contribution in [0.2, 0.25) is 5.02 Å². The van der Waals surface area contributed by atoms with Crippen LogP contribution in [0.5, 0.6) is 5.75 Å². The molecule has 11 heteroatoms. The zero-order valence-corrected chi connectivity index (χ0v) is 23.8. The van der Waals surface area contributed by atoms with Gasteiger partial charge in [-0.05, 0) is 42.8 Å². The van der Waals surface area contributed by atoms with Gasteiger partial charge in [0, 0.05) is 42.1 Å². The standard InChI is InChI=1S/C32H25ClF2N4O4/c1-16-38-25-9-8-18(10-27(25)43-16)30(40)37-14-20(17-6-4-3-5-7-17)26-12-21-29(42-15-32(21,2)31(36)41)28(39-26)19-11-22(33)24(35)13-23(19)34/h3-13,20H,14-15H2,1-2H3,(H2,36,41)(H,37,40)/t20-,32-/m0/s1. The lowest BCUT2D eigenvalue weighted by Gasteiger charge is -2.23. The molecule has 3 aromatic carbocycles. The maximum atomic E-state index is 15.2. The fourth-order valence-corrected chi connectivity index (χ4v) is 5.39. The van der Waals surface area contributed by atoms with E-state index in [-0.39, 0.29) is 41.1 Å². The molecule has 3 heterocycles. The Kier molecular flexibility index (Phi) is 7.09. The van der Waals surface area contributed by atoms with Crippen LogP contribution in [0.25, 0.3) is 22.4 Å². The third-order valence-corrected chi connectivity index (χ3v) is 7.97. The number of benzene rings is 3. The Bertz CT molecular complexity index is 1910. The predicted octanol–water partition coefficient (Wildman–Crippen LogP) is 5.83. The zero-order chi connectivity index (χ0) is 30.5. The molecule has 6 rings (SSSR count). The number of oxazole rings is 1. The van der Waals surface area contributed by atoms with Crippen LogP contribution in [0.1, 0.15) is 45.9 Å². The molecular formula is C32H25ClF2N4O4. The highest BCUT2D eigenvalue weighted by Gasteiger charge is 2.44. The molecule has 0 saturated carbocycles. The van der Waals surface area contributed by atoms with Gasteiger partial charge in [0.25, 0.3) is 5.91 Å². The summed E-state index contributed by atoms with van der Waals surface area (Å²) in [5.41, 5.74) is 7.57. The molecule has 0 spiro atoms. The molecule has 0 radical (unpaired) electrons. The second-order valence-corrected chi connectivity index (χ2v) is 11.0. The monoisotopic (exact) mass is 602 g/mol. The van der Waals surface area contributed by atoms with Gasteiger partial charge in [-0.2, -0.15) is 0 Å². The first-order valence-corrected chi connectivity index (χ1v) is 13.8. The van der Waals surface area contributed by atoms with Crippen molar-refractivity contribution in [2.24, 2.45) is 5.73 Å². The summed E-state index contributed by atoms with van der Waals surface area (Å²) in [6.45, 7) is 3.34. The number of amides is 2. The Balaban J connectivity index is 1.45. The van der Waals surface area contributed by atoms with E-state index in [1.54, 1.807) is 38.1 Å². The number of halogens is 3. The van der Waals surface area contributed by atoms with Gasteiger partial charge >= 0.3 is 0 Å². The Labute approximate surface area is 249 Å². The first-order valence-electron chi connectivity index (χ1n) is 13.4. The van der Waals surface area contributed by atoms with Gasteiger partial charge in [0.15, 0.2) is 11.5 Å². The number of hydrogen-bond donors (Lipinski definition) is 2. The molecule has 1 aliphatic heterocycles. The van der Waals surface area contributed by atoms with Crippen molar-refractivity contribution in [1.29, 1.82) is 0 Å². The Morgan fingerprint density at radius 2 is 1.84 bits per heavy atom. The normalized spacial score (nSPS) is 16.5. The molecule has 0 saturated heterocycles. The van der Waals surface area contributed by atoms with E-state index in [1.807, 2.05) is 30.3 Å². The number of nitrogens with one attached hydrogen (secondary N) is 1. The lowest BCUT2D eigenvalue weighted by Crippen LogP contribution is -2.40. The summed E-state index contributed by atoms with van der Waals surface area (Å²) in [6.07, 6.45) is 0. The molecule has 0 unspecified atom stereocenters. The number of pyridine rings is 1. The fraction of sp³-hybridized carbons (Fsp3) is 0.188. The van der Waals surface area contributed by atoms with E-state index in [0.29, 0.717) is 39.9 Å². The second-order valence-electron chi connectivity index (χ2n) is 10.6. The summed E-state index contributed by atoms with van der Waals surface area (Å²) >= 11 is 6.03. The van der Waals surface area contributed by atoms with Gasteiger partial charge in [0.1, 0.15) is 40.6 Å². The van der Waals surface area contributed by atoms with Crippen molar-refractivity contribution in [3.63, 3.8) is 0 Å². The van der Waals surface area contributed by atoms with Gasteiger partial charge in [0.2, 0.25) is 5.91 Å². The van der Waals surface area contributed by atoms with Crippen molar-refractivity contribution in [1.82, 2.24) is 15.3 Å². The van der Waals surface area contributed by atoms with Crippen molar-refractivity contribution in [3.8, 4) is 17.0 Å². The highest BCUT2D eigenvalue weighted by atomic mass is 35.5. The number of rotatable bonds is 7. The van der Waals surface area contributed by atoms with Crippen molar-refractivity contribution in [2.75, 3.05) is 13.2 Å². The van der Waals surface area contributed by atoms with E-state index in [9.17, 15) is 14.0 Å². The molecule has 1 aliphatic rings. The number of carbonyl (C=O) groups excluding carboxylic acids is 2. The number of aromatic nitrogens is 2. The number of ether oxygens (including phenoxy) is 1. The molecule has 8 nitrogen and oxygen atoms in total. The van der Waals surface area contributed by atoms with Crippen molar-refractivity contribution < 1.29 is 27.5 Å². The van der Waals surface area contributed by atoms with E-state index in [0.717, 1.165) is 11.6 Å². The van der Waals surface area contributed by atoms with Crippen molar-refractivity contribution >= 4 is 34.5 Å². The quantitative estimate of drug-likeness (QED) is 0.226. The van der Waals surface area contributed by atoms with Crippen LogP contribution in [-0.2, 0) is 10.2 Å². The SMILES string of the molecule is Cc1nc2ccc(C(=O)NC[C@@H](c3ccccc3)c3cc4c(c(-c5cc(Cl)c(F)cc5F)n3)OC[C@]4(C)C(N)=O)cc2o1. The molecule has 3 N–H and O–H groups in total. The third-order valence-electron chi connectivity index (χ3n) is 7.68. The average molecular weight is 603 g/mol. The van der Waals surface area contributed by atoms with Gasteiger partial charge < -0.3 is 20.2 Å². The number of fused-ring (bicyclic) bond motifs is 2. The smallest absolute Gasteiger partial charge is 0.251 e. The summed E-state index contributed by atoms with van der Waals surface area (Å²) in [6, 6.07) is 17.7. The van der Waals surface area contributed by atoms with Gasteiger partial charge in [0.05, 0.1) is 10.7 Å². The average Bonchev–Trinajstić information content (AvgIpc) is 3.54. The number of nitrogens with zero attached hydrogens (tertiary/aromatic N) is 2. The van der Waals surface area contributed by atoms with E-state index in [1.165, 1.54) is 0 Å². The van der Waals surface area contributed by atoms with Crippen LogP contribution >= 0.6 is 11.6 Å². The largest absolute Gasteiger partial charge is 0.489 e. The second kappa shape index (κ2) is 10.8. The highest BCUT2D eigenvalue weighted by Crippen LogP contribution is 2.46. The maximum absolute atomic E-state index is 15.2. The number of carbonyl (C=O) groups is 2. The summed E-state index contributed by atoms with van der Waals surface area (Å²) in [5.74, 6) is -2.76. The molecular weight excluding hydrogens is 578 g/mol. The van der Waals surface area contributed by atoms with Crippen LogP contribution < -0.4 is 15.8 Å². The lowest BCUT2D eigenvalue weighted by molar-refractivity contribution is -0.123. The van der Waals surface area contributed by atoms with Crippen LogP contribution in [0.15, 0.2) is 71.1 Å². The molecule has 218 valence electrons. The Morgan fingerprint density at radius 1 is 1.07 bits per heavy atom. The molecule has 0 aliphatic carbocycles. The van der Waals surface area contributed by atoms with E-state index >= 15 is 4.39 Å². The van der Waals surface area contributed by atoms with Gasteiger partial charge in [-0.3, -0.25) is 9.59 Å². The summed E-state index contributed by atoms with van der Waals surface area (Å²) in [4.78, 5) is 34.9. The van der Waals surface area contributed by atoms with Gasteiger partial charge in [-0.1, -0.05) is 41.9 Å². The van der Waals surface area contributed by atoms with E-state index in [2.05, 4.69) is 10.3 Å². The van der Waals surface area contributed by atoms with Crippen molar-refractivity contribution in [3.05, 3.63) is 112 Å². The molecule has 0 bridgehead atoms. The number of primary amides is 1. The topological polar surface area (TPSA) is 120 Å². The molecule has 2 amide bonds. The lowest BCUT2D eigenvalue weighted by atomic mass is 9.81. The summed E-state index contributed by atoms with van der Waals surface area (Å²) < 4.78 is 40.7. The van der Waals surface area contributed by atoms with Crippen LogP contribution in [0, 0.1) is 18.6 Å².